The van der Waals surface area contributed by atoms with Crippen LogP contribution in [0.3, 0.4) is 0 Å². The van der Waals surface area contributed by atoms with Crippen LogP contribution >= 0.6 is 12.4 Å². The maximum Gasteiger partial charge on any atom is 0.387 e. The molecule has 2 unspecified atom stereocenters. The van der Waals surface area contributed by atoms with Gasteiger partial charge in [0.2, 0.25) is 0 Å². The van der Waals surface area contributed by atoms with Crippen molar-refractivity contribution in [2.24, 2.45) is 0 Å². The fourth-order valence-electron chi connectivity index (χ4n) is 3.03. The van der Waals surface area contributed by atoms with E-state index in [-0.39, 0.29) is 30.1 Å². The monoisotopic (exact) mass is 386 g/mol. The molecular formula is C17H21ClF2N4O2. The van der Waals surface area contributed by atoms with E-state index in [1.165, 1.54) is 18.3 Å². The average molecular weight is 387 g/mol. The molecule has 3 N–H and O–H groups in total. The van der Waals surface area contributed by atoms with Crippen molar-refractivity contribution in [1.82, 2.24) is 20.8 Å². The Kier molecular flexibility index (Phi) is 6.93. The van der Waals surface area contributed by atoms with Gasteiger partial charge in [-0.15, -0.1) is 12.4 Å². The van der Waals surface area contributed by atoms with Gasteiger partial charge in [-0.3, -0.25) is 9.89 Å². The fourth-order valence-corrected chi connectivity index (χ4v) is 3.03. The van der Waals surface area contributed by atoms with Gasteiger partial charge >= 0.3 is 6.61 Å². The Morgan fingerprint density at radius 2 is 2.23 bits per heavy atom. The van der Waals surface area contributed by atoms with E-state index in [1.807, 2.05) is 0 Å². The van der Waals surface area contributed by atoms with Crippen molar-refractivity contribution in [3.8, 4) is 17.0 Å². The molecule has 1 fully saturated rings. The molecule has 0 spiro atoms. The van der Waals surface area contributed by atoms with E-state index in [2.05, 4.69) is 32.5 Å². The second kappa shape index (κ2) is 8.95. The largest absolute Gasteiger partial charge is 0.435 e. The van der Waals surface area contributed by atoms with Gasteiger partial charge in [-0.1, -0.05) is 12.1 Å². The number of aromatic nitrogens is 2. The number of aromatic amines is 1. The highest BCUT2D eigenvalue weighted by Gasteiger charge is 2.23. The summed E-state index contributed by atoms with van der Waals surface area (Å²) in [7, 11) is 0. The van der Waals surface area contributed by atoms with Crippen LogP contribution in [0.2, 0.25) is 0 Å². The standard InChI is InChI=1S/C17H20F2N4O2.ClH/c1-10-7-12(5-6-20-10)22-16(24)14-9-21-23-15(14)11-3-2-4-13(8-11)25-17(18)19;/h2-4,8-10,12,17,20H,5-7H2,1H3,(H,21,23)(H,22,24);1H. The summed E-state index contributed by atoms with van der Waals surface area (Å²) >= 11 is 0. The van der Waals surface area contributed by atoms with Crippen LogP contribution in [0, 0.1) is 0 Å². The van der Waals surface area contributed by atoms with Crippen LogP contribution < -0.4 is 15.4 Å². The molecule has 1 saturated heterocycles. The number of nitrogens with zero attached hydrogens (tertiary/aromatic N) is 1. The van der Waals surface area contributed by atoms with Crippen LogP contribution in [0.4, 0.5) is 8.78 Å². The molecule has 2 aromatic rings. The van der Waals surface area contributed by atoms with Crippen LogP contribution in [0.25, 0.3) is 11.3 Å². The molecule has 0 bridgehead atoms. The van der Waals surface area contributed by atoms with Crippen molar-refractivity contribution in [2.75, 3.05) is 6.54 Å². The van der Waals surface area contributed by atoms with Gasteiger partial charge in [-0.25, -0.2) is 0 Å². The lowest BCUT2D eigenvalue weighted by Crippen LogP contribution is -2.46. The predicted molar refractivity (Wildman–Crippen MR) is 95.9 cm³/mol. The summed E-state index contributed by atoms with van der Waals surface area (Å²) in [6, 6.07) is 6.62. The molecular weight excluding hydrogens is 366 g/mol. The number of nitrogens with one attached hydrogen (secondary N) is 3. The van der Waals surface area contributed by atoms with Crippen molar-refractivity contribution in [2.45, 2.75) is 38.5 Å². The number of carbonyl (C=O) groups is 1. The number of benzene rings is 1. The minimum absolute atomic E-state index is 0. The van der Waals surface area contributed by atoms with Gasteiger partial charge in [0.05, 0.1) is 17.5 Å². The van der Waals surface area contributed by atoms with E-state index < -0.39 is 6.61 Å². The number of rotatable bonds is 5. The summed E-state index contributed by atoms with van der Waals surface area (Å²) in [6.45, 7) is 0.0368. The van der Waals surface area contributed by atoms with Crippen LogP contribution in [0.15, 0.2) is 30.5 Å². The summed E-state index contributed by atoms with van der Waals surface area (Å²) in [5.41, 5.74) is 1.40. The van der Waals surface area contributed by atoms with Gasteiger partial charge in [0.25, 0.3) is 5.91 Å². The Morgan fingerprint density at radius 1 is 1.42 bits per heavy atom. The summed E-state index contributed by atoms with van der Waals surface area (Å²) in [4.78, 5) is 12.6. The van der Waals surface area contributed by atoms with Gasteiger partial charge < -0.3 is 15.4 Å². The lowest BCUT2D eigenvalue weighted by atomic mass is 10.00. The maximum absolute atomic E-state index is 12.6. The van der Waals surface area contributed by atoms with E-state index in [1.54, 1.807) is 12.1 Å². The molecule has 0 saturated carbocycles. The maximum atomic E-state index is 12.6. The second-order valence-electron chi connectivity index (χ2n) is 6.11. The molecule has 1 aliphatic rings. The second-order valence-corrected chi connectivity index (χ2v) is 6.11. The molecule has 2 heterocycles. The lowest BCUT2D eigenvalue weighted by molar-refractivity contribution is -0.0498. The smallest absolute Gasteiger partial charge is 0.387 e. The number of carbonyl (C=O) groups excluding carboxylic acids is 1. The van der Waals surface area contributed by atoms with Crippen molar-refractivity contribution in [1.29, 1.82) is 0 Å². The van der Waals surface area contributed by atoms with Crippen LogP contribution in [0.5, 0.6) is 5.75 Å². The fraction of sp³-hybridized carbons (Fsp3) is 0.412. The zero-order valence-electron chi connectivity index (χ0n) is 14.2. The Hall–Kier alpha value is -2.19. The zero-order valence-corrected chi connectivity index (χ0v) is 15.0. The molecule has 1 aromatic carbocycles. The molecule has 1 aliphatic heterocycles. The number of halogens is 3. The molecule has 142 valence electrons. The highest BCUT2D eigenvalue weighted by atomic mass is 35.5. The molecule has 0 radical (unpaired) electrons. The highest BCUT2D eigenvalue weighted by molar-refractivity contribution is 6.00. The third kappa shape index (κ3) is 4.92. The molecule has 9 heteroatoms. The molecule has 2 atom stereocenters. The van der Waals surface area contributed by atoms with E-state index in [0.717, 1.165) is 19.4 Å². The molecule has 1 amide bonds. The number of alkyl halides is 2. The summed E-state index contributed by atoms with van der Waals surface area (Å²) in [5, 5.41) is 13.0. The quantitative estimate of drug-likeness (QED) is 0.738. The number of piperidine rings is 1. The molecule has 0 aliphatic carbocycles. The van der Waals surface area contributed by atoms with E-state index in [4.69, 9.17) is 0 Å². The third-order valence-electron chi connectivity index (χ3n) is 4.19. The average Bonchev–Trinajstić information content (AvgIpc) is 3.04. The van der Waals surface area contributed by atoms with E-state index in [0.29, 0.717) is 22.9 Å². The van der Waals surface area contributed by atoms with E-state index in [9.17, 15) is 13.6 Å². The lowest BCUT2D eigenvalue weighted by Gasteiger charge is -2.28. The van der Waals surface area contributed by atoms with Gasteiger partial charge in [-0.05, 0) is 38.4 Å². The first-order valence-electron chi connectivity index (χ1n) is 8.16. The number of hydrogen-bond acceptors (Lipinski definition) is 4. The van der Waals surface area contributed by atoms with Gasteiger partial charge in [-0.2, -0.15) is 13.9 Å². The highest BCUT2D eigenvalue weighted by Crippen LogP contribution is 2.26. The number of hydrogen-bond donors (Lipinski definition) is 3. The molecule has 1 aromatic heterocycles. The van der Waals surface area contributed by atoms with Crippen LogP contribution in [0.1, 0.15) is 30.1 Å². The van der Waals surface area contributed by atoms with Crippen molar-refractivity contribution in [3.63, 3.8) is 0 Å². The van der Waals surface area contributed by atoms with Crippen molar-refractivity contribution < 1.29 is 18.3 Å². The predicted octanol–water partition coefficient (Wildman–Crippen LogP) is 2.97. The Balaban J connectivity index is 0.00000243. The van der Waals surface area contributed by atoms with Gasteiger partial charge in [0.15, 0.2) is 0 Å². The summed E-state index contributed by atoms with van der Waals surface area (Å²) in [5.74, 6) is -0.205. The normalized spacial score (nSPS) is 19.7. The van der Waals surface area contributed by atoms with Crippen molar-refractivity contribution in [3.05, 3.63) is 36.0 Å². The summed E-state index contributed by atoms with van der Waals surface area (Å²) < 4.78 is 29.2. The summed E-state index contributed by atoms with van der Waals surface area (Å²) in [6.07, 6.45) is 3.16. The van der Waals surface area contributed by atoms with Gasteiger partial charge in [0.1, 0.15) is 5.75 Å². The molecule has 6 nitrogen and oxygen atoms in total. The van der Waals surface area contributed by atoms with Crippen molar-refractivity contribution >= 4 is 18.3 Å². The number of ether oxygens (including phenoxy) is 1. The zero-order chi connectivity index (χ0) is 17.8. The topological polar surface area (TPSA) is 79.0 Å². The Bertz CT molecular complexity index is 741. The minimum Gasteiger partial charge on any atom is -0.435 e. The number of amides is 1. The Labute approximate surface area is 156 Å². The first-order chi connectivity index (χ1) is 12.0. The first-order valence-corrected chi connectivity index (χ1v) is 8.16. The van der Waals surface area contributed by atoms with Gasteiger partial charge in [0, 0.05) is 17.6 Å². The Morgan fingerprint density at radius 3 is 2.96 bits per heavy atom. The van der Waals surface area contributed by atoms with E-state index >= 15 is 0 Å². The number of H-pyrrole nitrogens is 1. The molecule has 26 heavy (non-hydrogen) atoms. The SMILES string of the molecule is CC1CC(NC(=O)c2cn[nH]c2-c2cccc(OC(F)F)c2)CCN1.Cl. The van der Waals surface area contributed by atoms with Crippen LogP contribution in [-0.2, 0) is 0 Å². The minimum atomic E-state index is -2.90. The van der Waals surface area contributed by atoms with Crippen LogP contribution in [-0.4, -0.2) is 41.3 Å². The first kappa shape index (κ1) is 20.1. The third-order valence-corrected chi connectivity index (χ3v) is 4.19. The molecule has 3 rings (SSSR count).